The van der Waals surface area contributed by atoms with Crippen LogP contribution in [-0.4, -0.2) is 172 Å². The number of aliphatic hydroxyl groups is 7. The number of hydrogen-bond donors (Lipinski definition) is 13. The van der Waals surface area contributed by atoms with Crippen molar-refractivity contribution in [1.29, 1.82) is 0 Å². The molecular formula is C23H46N6O13. The summed E-state index contributed by atoms with van der Waals surface area (Å²) in [5, 5.41) is 73.0. The van der Waals surface area contributed by atoms with Gasteiger partial charge in [0, 0.05) is 25.2 Å². The Morgan fingerprint density at radius 3 is 1.45 bits per heavy atom. The topological polar surface area (TPSA) is 353 Å². The Labute approximate surface area is 241 Å². The normalized spacial score (nSPS) is 53.8. The van der Waals surface area contributed by atoms with Gasteiger partial charge in [-0.3, -0.25) is 0 Å². The zero-order chi connectivity index (χ0) is 31.0. The molecule has 0 radical (unpaired) electrons. The van der Waals surface area contributed by atoms with E-state index >= 15 is 0 Å². The molecule has 19 N–H and O–H groups in total. The van der Waals surface area contributed by atoms with Crippen LogP contribution in [0.4, 0.5) is 0 Å². The smallest absolute Gasteiger partial charge is 0.187 e. The quantitative estimate of drug-likeness (QED) is 0.115. The second kappa shape index (κ2) is 14.1. The predicted octanol–water partition coefficient (Wildman–Crippen LogP) is -8.90. The molecule has 4 fully saturated rings. The molecule has 246 valence electrons. The molecule has 3 saturated heterocycles. The van der Waals surface area contributed by atoms with E-state index < -0.39 is 123 Å². The van der Waals surface area contributed by atoms with Gasteiger partial charge in [-0.25, -0.2) is 0 Å². The van der Waals surface area contributed by atoms with Crippen molar-refractivity contribution in [3.63, 3.8) is 0 Å². The maximum absolute atomic E-state index is 11.1. The highest BCUT2D eigenvalue weighted by atomic mass is 16.8. The Kier molecular flexibility index (Phi) is 11.5. The lowest BCUT2D eigenvalue weighted by molar-refractivity contribution is -0.306. The molecule has 1 saturated carbocycles. The summed E-state index contributed by atoms with van der Waals surface area (Å²) in [6, 6.07) is -4.18. The number of ether oxygens (including phenoxy) is 6. The lowest BCUT2D eigenvalue weighted by Gasteiger charge is -2.47. The Bertz CT molecular complexity index is 868. The fourth-order valence-electron chi connectivity index (χ4n) is 5.74. The average molecular weight is 615 g/mol. The number of aliphatic hydroxyl groups excluding tert-OH is 7. The number of nitrogens with two attached hydrogens (primary N) is 6. The van der Waals surface area contributed by atoms with E-state index in [1.54, 1.807) is 0 Å². The molecule has 0 spiro atoms. The van der Waals surface area contributed by atoms with Gasteiger partial charge >= 0.3 is 0 Å². The highest BCUT2D eigenvalue weighted by molar-refractivity contribution is 5.02. The van der Waals surface area contributed by atoms with Gasteiger partial charge in [-0.15, -0.1) is 0 Å². The van der Waals surface area contributed by atoms with Crippen LogP contribution in [-0.2, 0) is 28.4 Å². The molecule has 0 amide bonds. The highest BCUT2D eigenvalue weighted by Gasteiger charge is 2.54. The van der Waals surface area contributed by atoms with Crippen molar-refractivity contribution in [1.82, 2.24) is 0 Å². The maximum atomic E-state index is 11.1. The minimum absolute atomic E-state index is 0.0889. The molecule has 0 aromatic carbocycles. The first-order chi connectivity index (χ1) is 19.8. The van der Waals surface area contributed by atoms with E-state index in [9.17, 15) is 35.7 Å². The van der Waals surface area contributed by atoms with E-state index in [1.165, 1.54) is 0 Å². The minimum atomic E-state index is -1.60. The Hall–Kier alpha value is -0.760. The first-order valence-electron chi connectivity index (χ1n) is 13.9. The number of hydrogen-bond acceptors (Lipinski definition) is 19. The molecule has 42 heavy (non-hydrogen) atoms. The molecule has 0 bridgehead atoms. The molecule has 0 unspecified atom stereocenters. The van der Waals surface area contributed by atoms with Crippen LogP contribution < -0.4 is 34.4 Å². The summed E-state index contributed by atoms with van der Waals surface area (Å²) in [7, 11) is 0. The molecule has 3 aliphatic heterocycles. The summed E-state index contributed by atoms with van der Waals surface area (Å²) in [4.78, 5) is 0. The third kappa shape index (κ3) is 6.60. The van der Waals surface area contributed by atoms with Gasteiger partial charge in [0.2, 0.25) is 0 Å². The minimum Gasteiger partial charge on any atom is -0.394 e. The molecule has 19 heteroatoms. The van der Waals surface area contributed by atoms with Crippen molar-refractivity contribution in [2.24, 2.45) is 34.4 Å². The lowest BCUT2D eigenvalue weighted by atomic mass is 9.84. The summed E-state index contributed by atoms with van der Waals surface area (Å²) < 4.78 is 34.6. The van der Waals surface area contributed by atoms with E-state index in [0.29, 0.717) is 0 Å². The van der Waals surface area contributed by atoms with Crippen LogP contribution in [0.15, 0.2) is 0 Å². The second-order valence-electron chi connectivity index (χ2n) is 11.2. The lowest BCUT2D eigenvalue weighted by Crippen LogP contribution is -2.68. The Morgan fingerprint density at radius 2 is 0.976 bits per heavy atom. The van der Waals surface area contributed by atoms with E-state index in [2.05, 4.69) is 0 Å². The van der Waals surface area contributed by atoms with Crippen LogP contribution in [0.2, 0.25) is 0 Å². The monoisotopic (exact) mass is 614 g/mol. The van der Waals surface area contributed by atoms with Crippen LogP contribution in [0.5, 0.6) is 0 Å². The maximum Gasteiger partial charge on any atom is 0.187 e. The third-order valence-electron chi connectivity index (χ3n) is 8.37. The van der Waals surface area contributed by atoms with E-state index in [-0.39, 0.29) is 19.5 Å². The largest absolute Gasteiger partial charge is 0.394 e. The van der Waals surface area contributed by atoms with E-state index in [4.69, 9.17) is 62.8 Å². The summed E-state index contributed by atoms with van der Waals surface area (Å²) in [5.74, 6) is 0. The third-order valence-corrected chi connectivity index (χ3v) is 8.37. The zero-order valence-corrected chi connectivity index (χ0v) is 22.8. The van der Waals surface area contributed by atoms with Gasteiger partial charge < -0.3 is 98.6 Å². The van der Waals surface area contributed by atoms with Crippen LogP contribution >= 0.6 is 0 Å². The molecule has 19 atom stereocenters. The highest BCUT2D eigenvalue weighted by Crippen LogP contribution is 2.34. The van der Waals surface area contributed by atoms with Crippen molar-refractivity contribution < 1.29 is 64.2 Å². The summed E-state index contributed by atoms with van der Waals surface area (Å²) in [6.07, 6.45) is -19.8. The molecule has 3 heterocycles. The molecule has 0 aromatic heterocycles. The van der Waals surface area contributed by atoms with Crippen LogP contribution in [0.25, 0.3) is 0 Å². The van der Waals surface area contributed by atoms with Gasteiger partial charge in [0.25, 0.3) is 0 Å². The zero-order valence-electron chi connectivity index (χ0n) is 22.8. The van der Waals surface area contributed by atoms with Crippen molar-refractivity contribution in [2.45, 2.75) is 123 Å². The molecule has 1 aliphatic carbocycles. The number of rotatable bonds is 9. The van der Waals surface area contributed by atoms with Crippen LogP contribution in [0.3, 0.4) is 0 Å². The van der Waals surface area contributed by atoms with Gasteiger partial charge in [-0.05, 0) is 6.42 Å². The molecule has 19 nitrogen and oxygen atoms in total. The SMILES string of the molecule is NC[C@H]1O[C@@H](O[C@H]2[C@@H](O)[C@H](O[C@H]3[C@@H](O)[C@H](N)C[C@H](N)[C@H]3O[C@H]3O[C@H](CN)[C@@H](O)[C@H](O)[C@@H]3N)O[C@@H]2CO)[C@H](N)[C@H](O)[C@H]1O. The second-order valence-corrected chi connectivity index (χ2v) is 11.2. The van der Waals surface area contributed by atoms with Crippen molar-refractivity contribution in [2.75, 3.05) is 19.7 Å². The Balaban J connectivity index is 1.50. The van der Waals surface area contributed by atoms with Gasteiger partial charge in [0.1, 0.15) is 67.1 Å². The molecular weight excluding hydrogens is 568 g/mol. The standard InChI is InChI=1S/C23H46N6O13/c24-2-7-13(32)15(34)10(28)21(37-7)40-18-6(27)1-5(26)12(31)20(18)42-23-17(36)19(9(4-30)39-23)41-22-11(29)16(35)14(33)8(3-25)38-22/h5-23,30-36H,1-4,24-29H2/t5-,6+,7-,8-,9-,10+,11-,12+,13-,14+,15-,16+,17-,18-,19-,20+,21-,22+,23+/m1/s1. The van der Waals surface area contributed by atoms with Crippen molar-refractivity contribution >= 4 is 0 Å². The van der Waals surface area contributed by atoms with Crippen molar-refractivity contribution in [3.05, 3.63) is 0 Å². The van der Waals surface area contributed by atoms with E-state index in [1.807, 2.05) is 0 Å². The predicted molar refractivity (Wildman–Crippen MR) is 138 cm³/mol. The van der Waals surface area contributed by atoms with E-state index in [0.717, 1.165) is 0 Å². The fraction of sp³-hybridized carbons (Fsp3) is 1.00. The first-order valence-corrected chi connectivity index (χ1v) is 13.9. The molecule has 4 aliphatic rings. The van der Waals surface area contributed by atoms with Gasteiger partial charge in [0.05, 0.1) is 24.8 Å². The summed E-state index contributed by atoms with van der Waals surface area (Å²) >= 11 is 0. The van der Waals surface area contributed by atoms with Gasteiger partial charge in [-0.2, -0.15) is 0 Å². The van der Waals surface area contributed by atoms with Gasteiger partial charge in [-0.1, -0.05) is 0 Å². The summed E-state index contributed by atoms with van der Waals surface area (Å²) in [6.45, 7) is -0.967. The fourth-order valence-corrected chi connectivity index (χ4v) is 5.74. The first kappa shape index (κ1) is 34.1. The molecule has 0 aromatic rings. The van der Waals surface area contributed by atoms with Gasteiger partial charge in [0.15, 0.2) is 18.9 Å². The average Bonchev–Trinajstić information content (AvgIpc) is 3.27. The molecule has 4 rings (SSSR count). The van der Waals surface area contributed by atoms with Crippen molar-refractivity contribution in [3.8, 4) is 0 Å². The summed E-state index contributed by atoms with van der Waals surface area (Å²) in [5.41, 5.74) is 35.6. The van der Waals surface area contributed by atoms with Crippen LogP contribution in [0, 0.1) is 0 Å². The Morgan fingerprint density at radius 1 is 0.524 bits per heavy atom. The van der Waals surface area contributed by atoms with Crippen LogP contribution in [0.1, 0.15) is 6.42 Å².